The number of nitrogens with zero attached hydrogens (tertiary/aromatic N) is 1. The molecule has 0 saturated carbocycles. The molecular formula is C17H26N2O6S. The van der Waals surface area contributed by atoms with E-state index in [0.717, 1.165) is 4.31 Å². The largest absolute Gasteiger partial charge is 0.495 e. The lowest BCUT2D eigenvalue weighted by Gasteiger charge is -2.23. The van der Waals surface area contributed by atoms with Gasteiger partial charge in [-0.15, -0.1) is 0 Å². The van der Waals surface area contributed by atoms with Gasteiger partial charge in [-0.3, -0.25) is 4.79 Å². The van der Waals surface area contributed by atoms with Crippen LogP contribution in [0.4, 0.5) is 0 Å². The van der Waals surface area contributed by atoms with Gasteiger partial charge in [0.1, 0.15) is 10.6 Å². The van der Waals surface area contributed by atoms with Gasteiger partial charge in [0, 0.05) is 19.6 Å². The van der Waals surface area contributed by atoms with Crippen LogP contribution < -0.4 is 10.1 Å². The van der Waals surface area contributed by atoms with E-state index in [0.29, 0.717) is 0 Å². The fourth-order valence-electron chi connectivity index (χ4n) is 1.96. The second-order valence-corrected chi connectivity index (χ2v) is 9.06. The van der Waals surface area contributed by atoms with E-state index in [4.69, 9.17) is 9.47 Å². The summed E-state index contributed by atoms with van der Waals surface area (Å²) in [4.78, 5) is 24.2. The average Bonchev–Trinajstić information content (AvgIpc) is 2.52. The van der Waals surface area contributed by atoms with Gasteiger partial charge in [-0.1, -0.05) is 0 Å². The van der Waals surface area contributed by atoms with E-state index in [2.05, 4.69) is 5.32 Å². The second-order valence-electron chi connectivity index (χ2n) is 6.94. The SMILES string of the molecule is COc1ccc(C(=O)O[C@@H](C)C(=O)NC(C)(C)C)cc1S(=O)(=O)N(C)C. The Kier molecular flexibility index (Phi) is 6.78. The minimum atomic E-state index is -3.82. The molecule has 0 radical (unpaired) electrons. The Hall–Kier alpha value is -2.13. The van der Waals surface area contributed by atoms with Gasteiger partial charge in [0.2, 0.25) is 10.0 Å². The molecule has 0 aliphatic heterocycles. The van der Waals surface area contributed by atoms with Crippen molar-refractivity contribution in [3.05, 3.63) is 23.8 Å². The molecule has 1 atom stereocenters. The molecule has 1 N–H and O–H groups in total. The number of ether oxygens (including phenoxy) is 2. The van der Waals surface area contributed by atoms with Gasteiger partial charge in [0.15, 0.2) is 6.10 Å². The van der Waals surface area contributed by atoms with Crippen molar-refractivity contribution in [2.24, 2.45) is 0 Å². The summed E-state index contributed by atoms with van der Waals surface area (Å²) in [6.45, 7) is 6.86. The zero-order valence-corrected chi connectivity index (χ0v) is 16.9. The van der Waals surface area contributed by atoms with Crippen molar-refractivity contribution >= 4 is 21.9 Å². The van der Waals surface area contributed by atoms with Crippen LogP contribution in [0.1, 0.15) is 38.1 Å². The van der Waals surface area contributed by atoms with Gasteiger partial charge in [0.05, 0.1) is 12.7 Å². The summed E-state index contributed by atoms with van der Waals surface area (Å²) in [5.41, 5.74) is -0.466. The molecule has 8 nitrogen and oxygen atoms in total. The van der Waals surface area contributed by atoms with E-state index in [9.17, 15) is 18.0 Å². The maximum Gasteiger partial charge on any atom is 0.338 e. The number of amides is 1. The molecule has 0 fully saturated rings. The molecule has 0 aromatic heterocycles. The third-order valence-corrected chi connectivity index (χ3v) is 5.15. The number of methoxy groups -OCH3 is 1. The van der Waals surface area contributed by atoms with E-state index < -0.39 is 33.5 Å². The summed E-state index contributed by atoms with van der Waals surface area (Å²) in [5, 5.41) is 2.71. The average molecular weight is 386 g/mol. The van der Waals surface area contributed by atoms with Gasteiger partial charge < -0.3 is 14.8 Å². The normalized spacial score (nSPS) is 13.2. The Morgan fingerprint density at radius 1 is 1.19 bits per heavy atom. The van der Waals surface area contributed by atoms with Crippen LogP contribution in [0.5, 0.6) is 5.75 Å². The molecule has 9 heteroatoms. The van der Waals surface area contributed by atoms with Gasteiger partial charge >= 0.3 is 5.97 Å². The van der Waals surface area contributed by atoms with Crippen LogP contribution >= 0.6 is 0 Å². The van der Waals surface area contributed by atoms with Crippen molar-refractivity contribution in [3.63, 3.8) is 0 Å². The van der Waals surface area contributed by atoms with Gasteiger partial charge in [0.25, 0.3) is 5.91 Å². The first-order valence-electron chi connectivity index (χ1n) is 7.93. The third-order valence-electron chi connectivity index (χ3n) is 3.31. The molecule has 1 aromatic rings. The highest BCUT2D eigenvalue weighted by Crippen LogP contribution is 2.27. The molecule has 0 heterocycles. The molecule has 146 valence electrons. The first-order valence-corrected chi connectivity index (χ1v) is 9.37. The minimum Gasteiger partial charge on any atom is -0.495 e. The number of carbonyl (C=O) groups excluding carboxylic acids is 2. The van der Waals surface area contributed by atoms with Crippen LogP contribution in [0.3, 0.4) is 0 Å². The van der Waals surface area contributed by atoms with E-state index in [1.165, 1.54) is 46.3 Å². The molecule has 0 aliphatic rings. The number of sulfonamides is 1. The zero-order valence-electron chi connectivity index (χ0n) is 16.1. The first kappa shape index (κ1) is 21.9. The third kappa shape index (κ3) is 5.43. The van der Waals surface area contributed by atoms with Crippen molar-refractivity contribution in [1.82, 2.24) is 9.62 Å². The maximum atomic E-state index is 12.4. The molecular weight excluding hydrogens is 360 g/mol. The Balaban J connectivity index is 3.09. The topological polar surface area (TPSA) is 102 Å². The number of esters is 1. The minimum absolute atomic E-state index is 0.00151. The lowest BCUT2D eigenvalue weighted by molar-refractivity contribution is -0.130. The zero-order chi connectivity index (χ0) is 20.3. The number of hydrogen-bond acceptors (Lipinski definition) is 6. The van der Waals surface area contributed by atoms with E-state index in [-0.39, 0.29) is 16.2 Å². The smallest absolute Gasteiger partial charge is 0.338 e. The molecule has 26 heavy (non-hydrogen) atoms. The summed E-state index contributed by atoms with van der Waals surface area (Å²) in [6.07, 6.45) is -1.03. The van der Waals surface area contributed by atoms with Crippen LogP contribution in [0, 0.1) is 0 Å². The number of rotatable bonds is 6. The number of carbonyl (C=O) groups is 2. The highest BCUT2D eigenvalue weighted by Gasteiger charge is 2.26. The Morgan fingerprint density at radius 3 is 2.23 bits per heavy atom. The van der Waals surface area contributed by atoms with Crippen LogP contribution in [0.15, 0.2) is 23.1 Å². The molecule has 0 aliphatic carbocycles. The number of hydrogen-bond donors (Lipinski definition) is 1. The van der Waals surface area contributed by atoms with Crippen LogP contribution in [0.25, 0.3) is 0 Å². The first-order chi connectivity index (χ1) is 11.8. The lowest BCUT2D eigenvalue weighted by Crippen LogP contribution is -2.46. The second kappa shape index (κ2) is 8.05. The predicted molar refractivity (Wildman–Crippen MR) is 96.6 cm³/mol. The molecule has 0 saturated heterocycles. The molecule has 1 rings (SSSR count). The fraction of sp³-hybridized carbons (Fsp3) is 0.529. The summed E-state index contributed by atoms with van der Waals surface area (Å²) in [6, 6.07) is 3.92. The van der Waals surface area contributed by atoms with Gasteiger partial charge in [-0.2, -0.15) is 0 Å². The van der Waals surface area contributed by atoms with Crippen LogP contribution in [-0.2, 0) is 19.6 Å². The Labute approximate surface area is 154 Å². The van der Waals surface area contributed by atoms with E-state index >= 15 is 0 Å². The highest BCUT2D eigenvalue weighted by atomic mass is 32.2. The van der Waals surface area contributed by atoms with Crippen LogP contribution in [-0.4, -0.2) is 57.4 Å². The monoisotopic (exact) mass is 386 g/mol. The summed E-state index contributed by atoms with van der Waals surface area (Å²) in [5.74, 6) is -1.14. The molecule has 1 aromatic carbocycles. The molecule has 0 spiro atoms. The summed E-state index contributed by atoms with van der Waals surface area (Å²) >= 11 is 0. The predicted octanol–water partition coefficient (Wildman–Crippen LogP) is 1.41. The van der Waals surface area contributed by atoms with Crippen molar-refractivity contribution in [3.8, 4) is 5.75 Å². The Morgan fingerprint density at radius 2 is 1.77 bits per heavy atom. The number of benzene rings is 1. The maximum absolute atomic E-state index is 12.4. The van der Waals surface area contributed by atoms with Crippen molar-refractivity contribution < 1.29 is 27.5 Å². The standard InChI is InChI=1S/C17H26N2O6S/c1-11(15(20)18-17(2,3)4)25-16(21)12-8-9-13(24-7)14(10-12)26(22,23)19(5)6/h8-11H,1-7H3,(H,18,20)/t11-/m0/s1. The summed E-state index contributed by atoms with van der Waals surface area (Å²) < 4.78 is 36.0. The van der Waals surface area contributed by atoms with Crippen molar-refractivity contribution in [2.75, 3.05) is 21.2 Å². The number of nitrogens with one attached hydrogen (secondary N) is 1. The quantitative estimate of drug-likeness (QED) is 0.742. The molecule has 0 bridgehead atoms. The van der Waals surface area contributed by atoms with Gasteiger partial charge in [-0.05, 0) is 45.9 Å². The lowest BCUT2D eigenvalue weighted by atomic mass is 10.1. The van der Waals surface area contributed by atoms with Gasteiger partial charge in [-0.25, -0.2) is 17.5 Å². The van der Waals surface area contributed by atoms with Crippen molar-refractivity contribution in [2.45, 2.75) is 44.2 Å². The van der Waals surface area contributed by atoms with Crippen molar-refractivity contribution in [1.29, 1.82) is 0 Å². The van der Waals surface area contributed by atoms with E-state index in [1.54, 1.807) is 20.8 Å². The highest BCUT2D eigenvalue weighted by molar-refractivity contribution is 7.89. The Bertz CT molecular complexity index is 781. The molecule has 1 amide bonds. The summed E-state index contributed by atoms with van der Waals surface area (Å²) in [7, 11) is 0.258. The van der Waals surface area contributed by atoms with E-state index in [1.807, 2.05) is 0 Å². The fourth-order valence-corrected chi connectivity index (χ4v) is 3.03. The molecule has 0 unspecified atom stereocenters. The van der Waals surface area contributed by atoms with Crippen LogP contribution in [0.2, 0.25) is 0 Å².